The highest BCUT2D eigenvalue weighted by molar-refractivity contribution is 7.90. The monoisotopic (exact) mass is 474 g/mol. The van der Waals surface area contributed by atoms with Crippen molar-refractivity contribution in [3.05, 3.63) is 36.7 Å². The van der Waals surface area contributed by atoms with Crippen molar-refractivity contribution < 1.29 is 22.7 Å². The lowest BCUT2D eigenvalue weighted by molar-refractivity contribution is -0.114. The minimum absolute atomic E-state index is 0.150. The minimum atomic E-state index is -3.61. The molecule has 12 heteroatoms. The highest BCUT2D eigenvalue weighted by Gasteiger charge is 2.16. The predicted molar refractivity (Wildman–Crippen MR) is 123 cm³/mol. The van der Waals surface area contributed by atoms with E-state index in [4.69, 9.17) is 9.47 Å². The van der Waals surface area contributed by atoms with Gasteiger partial charge in [0.1, 0.15) is 24.0 Å². The molecule has 3 aromatic rings. The summed E-state index contributed by atoms with van der Waals surface area (Å²) in [6.45, 7) is 3.44. The summed E-state index contributed by atoms with van der Waals surface area (Å²) < 4.78 is 37.0. The van der Waals surface area contributed by atoms with Crippen LogP contribution in [0.25, 0.3) is 11.3 Å². The number of aromatic nitrogens is 4. The van der Waals surface area contributed by atoms with E-state index in [1.807, 2.05) is 6.92 Å². The van der Waals surface area contributed by atoms with E-state index in [-0.39, 0.29) is 29.5 Å². The van der Waals surface area contributed by atoms with Crippen LogP contribution < -0.4 is 15.4 Å². The summed E-state index contributed by atoms with van der Waals surface area (Å²) in [6, 6.07) is 6.37. The summed E-state index contributed by atoms with van der Waals surface area (Å²) >= 11 is 0. The van der Waals surface area contributed by atoms with Crippen LogP contribution in [0.4, 0.5) is 17.3 Å². The fourth-order valence-electron chi connectivity index (χ4n) is 2.81. The Morgan fingerprint density at radius 2 is 2.00 bits per heavy atom. The van der Waals surface area contributed by atoms with E-state index >= 15 is 0 Å². The van der Waals surface area contributed by atoms with Gasteiger partial charge in [0.05, 0.1) is 17.5 Å². The summed E-state index contributed by atoms with van der Waals surface area (Å²) in [4.78, 5) is 20.0. The van der Waals surface area contributed by atoms with E-state index in [1.165, 1.54) is 13.0 Å². The third kappa shape index (κ3) is 6.49. The molecule has 3 heterocycles. The van der Waals surface area contributed by atoms with Crippen LogP contribution in [0.3, 0.4) is 0 Å². The second kappa shape index (κ2) is 9.96. The zero-order valence-electron chi connectivity index (χ0n) is 19.0. The molecule has 176 valence electrons. The SMILES string of the molecule is CO[C@H](C)COc1cc(Nc2cc(NC(C)=O)ncc2-c2ccn(C)n2)nc(S(C)(=O)=O)c1. The molecule has 0 aromatic carbocycles. The molecule has 11 nitrogen and oxygen atoms in total. The minimum Gasteiger partial charge on any atom is -0.491 e. The van der Waals surface area contributed by atoms with Crippen LogP contribution in [0.15, 0.2) is 41.7 Å². The molecule has 0 spiro atoms. The van der Waals surface area contributed by atoms with Crippen LogP contribution in [0.5, 0.6) is 5.75 Å². The first-order valence-corrected chi connectivity index (χ1v) is 11.9. The van der Waals surface area contributed by atoms with Gasteiger partial charge < -0.3 is 20.1 Å². The molecule has 0 aliphatic rings. The van der Waals surface area contributed by atoms with Gasteiger partial charge in [-0.1, -0.05) is 0 Å². The second-order valence-corrected chi connectivity index (χ2v) is 9.41. The topological polar surface area (TPSA) is 137 Å². The molecule has 3 rings (SSSR count). The average Bonchev–Trinajstić information content (AvgIpc) is 3.17. The molecule has 0 unspecified atom stereocenters. The third-order valence-corrected chi connectivity index (χ3v) is 5.47. The lowest BCUT2D eigenvalue weighted by atomic mass is 10.1. The van der Waals surface area contributed by atoms with Crippen molar-refractivity contribution >= 4 is 33.1 Å². The van der Waals surface area contributed by atoms with Crippen molar-refractivity contribution in [2.75, 3.05) is 30.6 Å². The summed E-state index contributed by atoms with van der Waals surface area (Å²) in [5.74, 6) is 0.580. The van der Waals surface area contributed by atoms with Gasteiger partial charge in [0, 0.05) is 63.5 Å². The number of hydrogen-bond acceptors (Lipinski definition) is 9. The Labute approximate surface area is 192 Å². The number of anilines is 3. The van der Waals surface area contributed by atoms with Gasteiger partial charge in [-0.2, -0.15) is 5.10 Å². The maximum Gasteiger partial charge on any atom is 0.222 e. The summed E-state index contributed by atoms with van der Waals surface area (Å²) in [7, 11) is -0.265. The van der Waals surface area contributed by atoms with E-state index in [1.54, 1.807) is 49.4 Å². The van der Waals surface area contributed by atoms with Gasteiger partial charge in [0.25, 0.3) is 0 Å². The van der Waals surface area contributed by atoms with Gasteiger partial charge in [-0.3, -0.25) is 9.48 Å². The fourth-order valence-corrected chi connectivity index (χ4v) is 3.40. The normalized spacial score (nSPS) is 12.3. The maximum atomic E-state index is 12.2. The highest BCUT2D eigenvalue weighted by atomic mass is 32.2. The number of rotatable bonds is 9. The number of nitrogens with one attached hydrogen (secondary N) is 2. The number of carbonyl (C=O) groups excluding carboxylic acids is 1. The molecule has 33 heavy (non-hydrogen) atoms. The molecule has 0 bridgehead atoms. The number of methoxy groups -OCH3 is 1. The number of pyridine rings is 2. The number of carbonyl (C=O) groups is 1. The molecule has 0 radical (unpaired) electrons. The zero-order chi connectivity index (χ0) is 24.2. The second-order valence-electron chi connectivity index (χ2n) is 7.45. The molecule has 0 saturated carbocycles. The Morgan fingerprint density at radius 1 is 1.24 bits per heavy atom. The Bertz CT molecular complexity index is 1260. The summed E-state index contributed by atoms with van der Waals surface area (Å²) in [5.41, 5.74) is 1.78. The number of sulfone groups is 1. The molecule has 0 aliphatic carbocycles. The molecule has 1 atom stereocenters. The Hall–Kier alpha value is -3.51. The first kappa shape index (κ1) is 24.1. The number of aryl methyl sites for hydroxylation is 1. The zero-order valence-corrected chi connectivity index (χ0v) is 19.8. The molecule has 3 aromatic heterocycles. The van der Waals surface area contributed by atoms with Gasteiger partial charge in [0.2, 0.25) is 5.91 Å². The summed E-state index contributed by atoms with van der Waals surface area (Å²) in [5, 5.41) is 10.0. The molecule has 0 aliphatic heterocycles. The van der Waals surface area contributed by atoms with E-state index in [0.29, 0.717) is 28.5 Å². The Kier molecular flexibility index (Phi) is 7.29. The first-order valence-electron chi connectivity index (χ1n) is 9.97. The average molecular weight is 475 g/mol. The molecule has 0 saturated heterocycles. The molecular formula is C21H26N6O5S. The van der Waals surface area contributed by atoms with Gasteiger partial charge >= 0.3 is 0 Å². The van der Waals surface area contributed by atoms with Gasteiger partial charge in [0.15, 0.2) is 14.9 Å². The van der Waals surface area contributed by atoms with Crippen LogP contribution in [0.2, 0.25) is 0 Å². The standard InChI is InChI=1S/C21H26N6O5S/c1-13(31-4)12-32-15-8-20(25-21(9-15)33(5,29)30)24-18-10-19(23-14(2)28)22-11-16(18)17-6-7-27(3)26-17/h6-11,13H,12H2,1-5H3,(H2,22,23,24,25,28)/t13-/m1/s1. The van der Waals surface area contributed by atoms with E-state index in [2.05, 4.69) is 25.7 Å². The quantitative estimate of drug-likeness (QED) is 0.479. The van der Waals surface area contributed by atoms with Crippen molar-refractivity contribution in [1.29, 1.82) is 0 Å². The predicted octanol–water partition coefficient (Wildman–Crippen LogP) is 2.40. The van der Waals surface area contributed by atoms with Crippen molar-refractivity contribution in [1.82, 2.24) is 19.7 Å². The number of ether oxygens (including phenoxy) is 2. The number of nitrogens with zero attached hydrogens (tertiary/aromatic N) is 4. The Balaban J connectivity index is 2.05. The van der Waals surface area contributed by atoms with Crippen LogP contribution in [0.1, 0.15) is 13.8 Å². The Morgan fingerprint density at radius 3 is 2.61 bits per heavy atom. The van der Waals surface area contributed by atoms with Crippen molar-refractivity contribution in [3.63, 3.8) is 0 Å². The molecule has 0 fully saturated rings. The van der Waals surface area contributed by atoms with Crippen molar-refractivity contribution in [2.24, 2.45) is 7.05 Å². The lowest BCUT2D eigenvalue weighted by Gasteiger charge is -2.15. The van der Waals surface area contributed by atoms with Crippen LogP contribution in [-0.4, -0.2) is 60.1 Å². The van der Waals surface area contributed by atoms with E-state index in [9.17, 15) is 13.2 Å². The maximum absolute atomic E-state index is 12.2. The largest absolute Gasteiger partial charge is 0.491 e. The number of amides is 1. The van der Waals surface area contributed by atoms with E-state index < -0.39 is 9.84 Å². The number of hydrogen-bond donors (Lipinski definition) is 2. The smallest absolute Gasteiger partial charge is 0.222 e. The van der Waals surface area contributed by atoms with Crippen LogP contribution in [-0.2, 0) is 26.4 Å². The molecular weight excluding hydrogens is 448 g/mol. The van der Waals surface area contributed by atoms with Gasteiger partial charge in [-0.25, -0.2) is 18.4 Å². The van der Waals surface area contributed by atoms with Crippen LogP contribution >= 0.6 is 0 Å². The van der Waals surface area contributed by atoms with Crippen molar-refractivity contribution in [2.45, 2.75) is 25.0 Å². The molecule has 1 amide bonds. The highest BCUT2D eigenvalue weighted by Crippen LogP contribution is 2.31. The van der Waals surface area contributed by atoms with Gasteiger partial charge in [-0.15, -0.1) is 0 Å². The molecule has 2 N–H and O–H groups in total. The lowest BCUT2D eigenvalue weighted by Crippen LogP contribution is -2.16. The first-order chi connectivity index (χ1) is 15.5. The van der Waals surface area contributed by atoms with Crippen molar-refractivity contribution in [3.8, 4) is 17.0 Å². The van der Waals surface area contributed by atoms with E-state index in [0.717, 1.165) is 6.26 Å². The fraction of sp³-hybridized carbons (Fsp3) is 0.333. The van der Waals surface area contributed by atoms with Crippen LogP contribution in [0, 0.1) is 0 Å². The third-order valence-electron chi connectivity index (χ3n) is 4.50. The van der Waals surface area contributed by atoms with Gasteiger partial charge in [-0.05, 0) is 13.0 Å². The summed E-state index contributed by atoms with van der Waals surface area (Å²) in [6.07, 6.45) is 4.23.